The van der Waals surface area contributed by atoms with Gasteiger partial charge in [0.2, 0.25) is 0 Å². The zero-order valence-corrected chi connectivity index (χ0v) is 12.5. The molecule has 2 aromatic carbocycles. The molecule has 0 atom stereocenters. The van der Waals surface area contributed by atoms with E-state index < -0.39 is 5.97 Å². The van der Waals surface area contributed by atoms with Gasteiger partial charge in [0.1, 0.15) is 0 Å². The Labute approximate surface area is 127 Å². The normalized spacial score (nSPS) is 10.3. The van der Waals surface area contributed by atoms with Crippen LogP contribution in [0.1, 0.15) is 17.3 Å². The largest absolute Gasteiger partial charge is 0.462 e. The minimum atomic E-state index is -0.399. The summed E-state index contributed by atoms with van der Waals surface area (Å²) in [6.45, 7) is 2.09. The Hall–Kier alpha value is -1.65. The number of ether oxygens (including phenoxy) is 1. The zero-order valence-electron chi connectivity index (χ0n) is 10.9. The van der Waals surface area contributed by atoms with Gasteiger partial charge in [0.25, 0.3) is 0 Å². The smallest absolute Gasteiger partial charge is 0.340 e. The van der Waals surface area contributed by atoms with E-state index in [1.54, 1.807) is 19.1 Å². The summed E-state index contributed by atoms with van der Waals surface area (Å²) < 4.78 is 4.98. The van der Waals surface area contributed by atoms with E-state index in [4.69, 9.17) is 22.1 Å². The fraction of sp³-hybridized carbons (Fsp3) is 0.133. The van der Waals surface area contributed by atoms with Crippen molar-refractivity contribution in [1.29, 1.82) is 0 Å². The van der Waals surface area contributed by atoms with E-state index in [9.17, 15) is 4.79 Å². The quantitative estimate of drug-likeness (QED) is 0.677. The first-order valence-electron chi connectivity index (χ1n) is 6.11. The van der Waals surface area contributed by atoms with Crippen molar-refractivity contribution in [3.8, 4) is 0 Å². The van der Waals surface area contributed by atoms with Gasteiger partial charge in [-0.15, -0.1) is 0 Å². The molecule has 0 fully saturated rings. The lowest BCUT2D eigenvalue weighted by molar-refractivity contribution is 0.0527. The van der Waals surface area contributed by atoms with Crippen molar-refractivity contribution in [2.45, 2.75) is 16.7 Å². The number of rotatable bonds is 4. The molecule has 5 heteroatoms. The van der Waals surface area contributed by atoms with E-state index >= 15 is 0 Å². The molecule has 0 radical (unpaired) electrons. The van der Waals surface area contributed by atoms with E-state index in [1.807, 2.05) is 30.3 Å². The maximum absolute atomic E-state index is 11.8. The van der Waals surface area contributed by atoms with Gasteiger partial charge in [0.15, 0.2) is 0 Å². The number of anilines is 1. The van der Waals surface area contributed by atoms with E-state index in [0.29, 0.717) is 22.9 Å². The van der Waals surface area contributed by atoms with Gasteiger partial charge >= 0.3 is 5.97 Å². The molecular weight excluding hydrogens is 294 g/mol. The Kier molecular flexibility index (Phi) is 4.93. The van der Waals surface area contributed by atoms with Crippen LogP contribution in [0, 0.1) is 0 Å². The van der Waals surface area contributed by atoms with Gasteiger partial charge in [-0.25, -0.2) is 4.79 Å². The highest BCUT2D eigenvalue weighted by molar-refractivity contribution is 7.99. The first-order chi connectivity index (χ1) is 9.61. The molecule has 0 amide bonds. The molecule has 2 N–H and O–H groups in total. The summed E-state index contributed by atoms with van der Waals surface area (Å²) in [4.78, 5) is 13.6. The molecule has 2 aromatic rings. The van der Waals surface area contributed by atoms with Gasteiger partial charge in [-0.05, 0) is 43.3 Å². The average molecular weight is 308 g/mol. The molecule has 0 heterocycles. The third kappa shape index (κ3) is 3.46. The standard InChI is InChI=1S/C15H14ClNO2S/c1-2-19-15(18)12-4-3-5-13(14(12)17)20-11-8-6-10(16)7-9-11/h3-9H,2,17H2,1H3. The summed E-state index contributed by atoms with van der Waals surface area (Å²) in [5.41, 5.74) is 6.87. The summed E-state index contributed by atoms with van der Waals surface area (Å²) in [6.07, 6.45) is 0. The number of carbonyl (C=O) groups is 1. The fourth-order valence-corrected chi connectivity index (χ4v) is 2.67. The van der Waals surface area contributed by atoms with Crippen LogP contribution in [0.3, 0.4) is 0 Å². The number of nitrogens with two attached hydrogens (primary N) is 1. The Morgan fingerprint density at radius 3 is 2.60 bits per heavy atom. The number of benzene rings is 2. The highest BCUT2D eigenvalue weighted by Gasteiger charge is 2.14. The number of para-hydroxylation sites is 1. The van der Waals surface area contributed by atoms with Gasteiger partial charge in [-0.2, -0.15) is 0 Å². The first-order valence-corrected chi connectivity index (χ1v) is 7.30. The maximum atomic E-state index is 11.8. The van der Waals surface area contributed by atoms with Gasteiger partial charge in [0.05, 0.1) is 17.9 Å². The van der Waals surface area contributed by atoms with Crippen molar-refractivity contribution in [3.05, 3.63) is 53.1 Å². The third-order valence-electron chi connectivity index (χ3n) is 2.60. The zero-order chi connectivity index (χ0) is 14.5. The summed E-state index contributed by atoms with van der Waals surface area (Å²) in [5.74, 6) is -0.399. The second-order valence-corrected chi connectivity index (χ2v) is 5.55. The lowest BCUT2D eigenvalue weighted by atomic mass is 10.2. The predicted molar refractivity (Wildman–Crippen MR) is 82.4 cm³/mol. The monoisotopic (exact) mass is 307 g/mol. The van der Waals surface area contributed by atoms with Gasteiger partial charge < -0.3 is 10.5 Å². The number of carbonyl (C=O) groups excluding carboxylic acids is 1. The molecule has 2 rings (SSSR count). The number of esters is 1. The molecule has 3 nitrogen and oxygen atoms in total. The van der Waals surface area contributed by atoms with Gasteiger partial charge in [-0.1, -0.05) is 29.4 Å². The summed E-state index contributed by atoms with van der Waals surface area (Å²) in [6, 6.07) is 12.8. The SMILES string of the molecule is CCOC(=O)c1cccc(Sc2ccc(Cl)cc2)c1N. The Balaban J connectivity index is 2.26. The van der Waals surface area contributed by atoms with Crippen LogP contribution in [0.15, 0.2) is 52.3 Å². The average Bonchev–Trinajstić information content (AvgIpc) is 2.44. The number of hydrogen-bond acceptors (Lipinski definition) is 4. The topological polar surface area (TPSA) is 52.3 Å². The molecule has 0 aromatic heterocycles. The molecule has 0 aliphatic heterocycles. The van der Waals surface area contributed by atoms with E-state index in [0.717, 1.165) is 9.79 Å². The first kappa shape index (κ1) is 14.8. The molecule has 0 bridgehead atoms. The Morgan fingerprint density at radius 1 is 1.25 bits per heavy atom. The van der Waals surface area contributed by atoms with Crippen LogP contribution in [0.5, 0.6) is 0 Å². The van der Waals surface area contributed by atoms with Crippen molar-refractivity contribution < 1.29 is 9.53 Å². The van der Waals surface area contributed by atoms with Crippen LogP contribution in [-0.4, -0.2) is 12.6 Å². The van der Waals surface area contributed by atoms with Crippen molar-refractivity contribution in [3.63, 3.8) is 0 Å². The van der Waals surface area contributed by atoms with Crippen LogP contribution in [0.25, 0.3) is 0 Å². The third-order valence-corrected chi connectivity index (χ3v) is 3.94. The van der Waals surface area contributed by atoms with Crippen LogP contribution < -0.4 is 5.73 Å². The summed E-state index contributed by atoms with van der Waals surface area (Å²) >= 11 is 7.33. The van der Waals surface area contributed by atoms with E-state index in [1.165, 1.54) is 11.8 Å². The number of nitrogen functional groups attached to an aromatic ring is 1. The second-order valence-electron chi connectivity index (χ2n) is 3.99. The minimum absolute atomic E-state index is 0.326. The highest BCUT2D eigenvalue weighted by Crippen LogP contribution is 2.34. The summed E-state index contributed by atoms with van der Waals surface area (Å²) in [5, 5.41) is 0.683. The van der Waals surface area contributed by atoms with Crippen molar-refractivity contribution in [2.24, 2.45) is 0 Å². The van der Waals surface area contributed by atoms with Crippen molar-refractivity contribution >= 4 is 35.0 Å². The molecule has 0 unspecified atom stereocenters. The van der Waals surface area contributed by atoms with Crippen molar-refractivity contribution in [1.82, 2.24) is 0 Å². The summed E-state index contributed by atoms with van der Waals surface area (Å²) in [7, 11) is 0. The second kappa shape index (κ2) is 6.68. The van der Waals surface area contributed by atoms with Crippen molar-refractivity contribution in [2.75, 3.05) is 12.3 Å². The maximum Gasteiger partial charge on any atom is 0.340 e. The minimum Gasteiger partial charge on any atom is -0.462 e. The highest BCUT2D eigenvalue weighted by atomic mass is 35.5. The number of hydrogen-bond donors (Lipinski definition) is 1. The molecule has 20 heavy (non-hydrogen) atoms. The molecule has 0 saturated heterocycles. The molecule has 0 spiro atoms. The fourth-order valence-electron chi connectivity index (χ4n) is 1.65. The van der Waals surface area contributed by atoms with E-state index in [-0.39, 0.29) is 0 Å². The molecule has 104 valence electrons. The van der Waals surface area contributed by atoms with Crippen LogP contribution >= 0.6 is 23.4 Å². The Bertz CT molecular complexity index is 614. The van der Waals surface area contributed by atoms with E-state index in [2.05, 4.69) is 0 Å². The Morgan fingerprint density at radius 2 is 1.95 bits per heavy atom. The molecule has 0 aliphatic carbocycles. The van der Waals surface area contributed by atoms with Gasteiger partial charge in [0, 0.05) is 14.8 Å². The molecule has 0 saturated carbocycles. The number of halogens is 1. The van der Waals surface area contributed by atoms with Gasteiger partial charge in [-0.3, -0.25) is 0 Å². The molecule has 0 aliphatic rings. The molecular formula is C15H14ClNO2S. The predicted octanol–water partition coefficient (Wildman–Crippen LogP) is 4.25. The van der Waals surface area contributed by atoms with Crippen LogP contribution in [-0.2, 0) is 4.74 Å². The van der Waals surface area contributed by atoms with Crippen LogP contribution in [0.4, 0.5) is 5.69 Å². The van der Waals surface area contributed by atoms with Crippen LogP contribution in [0.2, 0.25) is 5.02 Å². The lowest BCUT2D eigenvalue weighted by Crippen LogP contribution is -2.08. The lowest BCUT2D eigenvalue weighted by Gasteiger charge is -2.10.